The lowest BCUT2D eigenvalue weighted by Crippen LogP contribution is -2.31. The minimum atomic E-state index is -0.526. The number of ether oxygens (including phenoxy) is 2. The summed E-state index contributed by atoms with van der Waals surface area (Å²) in [4.78, 5) is 10.5. The van der Waals surface area contributed by atoms with E-state index < -0.39 is 6.03 Å². The van der Waals surface area contributed by atoms with Gasteiger partial charge in [0.25, 0.3) is 0 Å². The van der Waals surface area contributed by atoms with Crippen LogP contribution in [0.5, 0.6) is 11.5 Å². The monoisotopic (exact) mass is 224 g/mol. The van der Waals surface area contributed by atoms with E-state index >= 15 is 0 Å². The molecule has 1 aromatic rings. The highest BCUT2D eigenvalue weighted by molar-refractivity contribution is 5.71. The molecule has 0 saturated heterocycles. The molecule has 0 fully saturated rings. The van der Waals surface area contributed by atoms with Gasteiger partial charge >= 0.3 is 6.03 Å². The molecule has 2 amide bonds. The van der Waals surface area contributed by atoms with Crippen molar-refractivity contribution in [3.8, 4) is 11.5 Å². The van der Waals surface area contributed by atoms with E-state index in [0.717, 1.165) is 5.56 Å². The summed E-state index contributed by atoms with van der Waals surface area (Å²) in [6.07, 6.45) is 0.642. The van der Waals surface area contributed by atoms with Gasteiger partial charge < -0.3 is 20.5 Å². The lowest BCUT2D eigenvalue weighted by atomic mass is 10.1. The number of nitrogens with one attached hydrogen (secondary N) is 1. The van der Waals surface area contributed by atoms with E-state index in [1.165, 1.54) is 0 Å². The average molecular weight is 224 g/mol. The summed E-state index contributed by atoms with van der Waals surface area (Å²) in [5.41, 5.74) is 5.95. The second-order valence-corrected chi connectivity index (χ2v) is 3.19. The molecule has 0 heterocycles. The van der Waals surface area contributed by atoms with Gasteiger partial charge in [0, 0.05) is 6.54 Å². The van der Waals surface area contributed by atoms with Crippen LogP contribution in [-0.2, 0) is 6.42 Å². The first-order valence-electron chi connectivity index (χ1n) is 4.92. The van der Waals surface area contributed by atoms with E-state index in [1.54, 1.807) is 14.2 Å². The van der Waals surface area contributed by atoms with E-state index in [2.05, 4.69) is 5.32 Å². The summed E-state index contributed by atoms with van der Waals surface area (Å²) in [5.74, 6) is 1.37. The predicted octanol–water partition coefficient (Wildman–Crippen LogP) is 0.915. The molecule has 0 spiro atoms. The molecule has 0 aliphatic carbocycles. The van der Waals surface area contributed by atoms with Gasteiger partial charge in [-0.25, -0.2) is 4.79 Å². The van der Waals surface area contributed by atoms with Crippen LogP contribution in [-0.4, -0.2) is 26.8 Å². The van der Waals surface area contributed by atoms with E-state index in [0.29, 0.717) is 24.5 Å². The molecule has 0 radical (unpaired) electrons. The number of urea groups is 1. The zero-order valence-corrected chi connectivity index (χ0v) is 9.45. The molecular weight excluding hydrogens is 208 g/mol. The number of para-hydroxylation sites is 1. The van der Waals surface area contributed by atoms with Gasteiger partial charge in [0.1, 0.15) is 0 Å². The lowest BCUT2D eigenvalue weighted by Gasteiger charge is -2.12. The molecular formula is C11H16N2O3. The zero-order valence-electron chi connectivity index (χ0n) is 9.45. The van der Waals surface area contributed by atoms with Crippen LogP contribution < -0.4 is 20.5 Å². The highest BCUT2D eigenvalue weighted by Crippen LogP contribution is 2.30. The van der Waals surface area contributed by atoms with Gasteiger partial charge in [-0.15, -0.1) is 0 Å². The first-order valence-corrected chi connectivity index (χ1v) is 4.92. The summed E-state index contributed by atoms with van der Waals surface area (Å²) in [5, 5.41) is 2.53. The Balaban J connectivity index is 2.74. The number of carbonyl (C=O) groups excluding carboxylic acids is 1. The van der Waals surface area contributed by atoms with E-state index in [-0.39, 0.29) is 0 Å². The van der Waals surface area contributed by atoms with E-state index in [9.17, 15) is 4.79 Å². The fraction of sp³-hybridized carbons (Fsp3) is 0.364. The maximum Gasteiger partial charge on any atom is 0.312 e. The molecule has 0 aliphatic rings. The van der Waals surface area contributed by atoms with Crippen molar-refractivity contribution in [2.45, 2.75) is 6.42 Å². The Bertz CT molecular complexity index is 366. The van der Waals surface area contributed by atoms with Crippen LogP contribution in [0.25, 0.3) is 0 Å². The third-order valence-corrected chi connectivity index (χ3v) is 2.18. The van der Waals surface area contributed by atoms with Gasteiger partial charge in [0.15, 0.2) is 11.5 Å². The third-order valence-electron chi connectivity index (χ3n) is 2.18. The summed E-state index contributed by atoms with van der Waals surface area (Å²) in [6, 6.07) is 5.09. The van der Waals surface area contributed by atoms with Gasteiger partial charge in [-0.05, 0) is 18.1 Å². The summed E-state index contributed by atoms with van der Waals surface area (Å²) in [7, 11) is 3.17. The Morgan fingerprint density at radius 1 is 1.38 bits per heavy atom. The molecule has 0 aromatic heterocycles. The van der Waals surface area contributed by atoms with Crippen molar-refractivity contribution in [3.63, 3.8) is 0 Å². The molecule has 0 atom stereocenters. The Labute approximate surface area is 94.5 Å². The van der Waals surface area contributed by atoms with E-state index in [4.69, 9.17) is 15.2 Å². The fourth-order valence-corrected chi connectivity index (χ4v) is 1.47. The average Bonchev–Trinajstić information content (AvgIpc) is 2.28. The minimum Gasteiger partial charge on any atom is -0.493 e. The maximum atomic E-state index is 10.5. The molecule has 0 aliphatic heterocycles. The smallest absolute Gasteiger partial charge is 0.312 e. The van der Waals surface area contributed by atoms with E-state index in [1.807, 2.05) is 18.2 Å². The molecule has 0 bridgehead atoms. The van der Waals surface area contributed by atoms with Crippen molar-refractivity contribution in [1.82, 2.24) is 5.32 Å². The van der Waals surface area contributed by atoms with Crippen LogP contribution in [0.3, 0.4) is 0 Å². The first kappa shape index (κ1) is 12.2. The number of amides is 2. The molecule has 5 nitrogen and oxygen atoms in total. The predicted molar refractivity (Wildman–Crippen MR) is 60.8 cm³/mol. The van der Waals surface area contributed by atoms with Crippen molar-refractivity contribution < 1.29 is 14.3 Å². The topological polar surface area (TPSA) is 73.6 Å². The number of hydrogen-bond acceptors (Lipinski definition) is 3. The summed E-state index contributed by atoms with van der Waals surface area (Å²) >= 11 is 0. The minimum absolute atomic E-state index is 0.471. The van der Waals surface area contributed by atoms with Gasteiger partial charge in [-0.2, -0.15) is 0 Å². The Morgan fingerprint density at radius 2 is 2.12 bits per heavy atom. The van der Waals surface area contributed by atoms with Crippen LogP contribution in [0, 0.1) is 0 Å². The quantitative estimate of drug-likeness (QED) is 0.780. The SMILES string of the molecule is COc1cccc(CCNC(N)=O)c1OC. The zero-order chi connectivity index (χ0) is 12.0. The van der Waals surface area contributed by atoms with Gasteiger partial charge in [0.05, 0.1) is 14.2 Å². The van der Waals surface area contributed by atoms with Crippen LogP contribution in [0.4, 0.5) is 4.79 Å². The number of nitrogens with two attached hydrogens (primary N) is 1. The Morgan fingerprint density at radius 3 is 2.69 bits per heavy atom. The van der Waals surface area contributed by atoms with Crippen molar-refractivity contribution >= 4 is 6.03 Å². The lowest BCUT2D eigenvalue weighted by molar-refractivity contribution is 0.249. The van der Waals surface area contributed by atoms with Crippen LogP contribution in [0.1, 0.15) is 5.56 Å². The maximum absolute atomic E-state index is 10.5. The van der Waals surface area contributed by atoms with Gasteiger partial charge in [0.2, 0.25) is 0 Å². The van der Waals surface area contributed by atoms with Crippen molar-refractivity contribution in [3.05, 3.63) is 23.8 Å². The number of primary amides is 1. The number of hydrogen-bond donors (Lipinski definition) is 2. The van der Waals surface area contributed by atoms with Crippen LogP contribution >= 0.6 is 0 Å². The second kappa shape index (κ2) is 5.85. The second-order valence-electron chi connectivity index (χ2n) is 3.19. The molecule has 3 N–H and O–H groups in total. The molecule has 5 heteroatoms. The molecule has 0 unspecified atom stereocenters. The first-order chi connectivity index (χ1) is 7.69. The molecule has 16 heavy (non-hydrogen) atoms. The Hall–Kier alpha value is -1.91. The summed E-state index contributed by atoms with van der Waals surface area (Å²) < 4.78 is 10.4. The third kappa shape index (κ3) is 3.05. The van der Waals surface area contributed by atoms with Crippen LogP contribution in [0.15, 0.2) is 18.2 Å². The highest BCUT2D eigenvalue weighted by Gasteiger charge is 2.08. The number of benzene rings is 1. The Kier molecular flexibility index (Phi) is 4.44. The molecule has 0 saturated carbocycles. The summed E-state index contributed by atoms with van der Waals surface area (Å²) in [6.45, 7) is 0.471. The van der Waals surface area contributed by atoms with Crippen molar-refractivity contribution in [1.29, 1.82) is 0 Å². The van der Waals surface area contributed by atoms with Crippen molar-refractivity contribution in [2.75, 3.05) is 20.8 Å². The van der Waals surface area contributed by atoms with Crippen molar-refractivity contribution in [2.24, 2.45) is 5.73 Å². The highest BCUT2D eigenvalue weighted by atomic mass is 16.5. The number of carbonyl (C=O) groups is 1. The molecule has 1 rings (SSSR count). The van der Waals surface area contributed by atoms with Gasteiger partial charge in [-0.3, -0.25) is 0 Å². The standard InChI is InChI=1S/C11H16N2O3/c1-15-9-5-3-4-8(10(9)16-2)6-7-13-11(12)14/h3-5H,6-7H2,1-2H3,(H3,12,13,14). The number of methoxy groups -OCH3 is 2. The molecule has 1 aromatic carbocycles. The normalized spacial score (nSPS) is 9.62. The number of rotatable bonds is 5. The van der Waals surface area contributed by atoms with Crippen LogP contribution in [0.2, 0.25) is 0 Å². The fourth-order valence-electron chi connectivity index (χ4n) is 1.47. The van der Waals surface area contributed by atoms with Gasteiger partial charge in [-0.1, -0.05) is 12.1 Å². The largest absolute Gasteiger partial charge is 0.493 e. The molecule has 88 valence electrons.